The van der Waals surface area contributed by atoms with Crippen molar-refractivity contribution in [3.63, 3.8) is 0 Å². The Kier molecular flexibility index (Phi) is 6.69. The van der Waals surface area contributed by atoms with Crippen molar-refractivity contribution in [3.05, 3.63) is 71.5 Å². The van der Waals surface area contributed by atoms with Crippen molar-refractivity contribution in [2.45, 2.75) is 44.3 Å². The van der Waals surface area contributed by atoms with Gasteiger partial charge in [0.05, 0.1) is 11.4 Å². The quantitative estimate of drug-likeness (QED) is 0.381. The minimum atomic E-state index is -1.09. The number of hydrogen-bond acceptors (Lipinski definition) is 6. The Hall–Kier alpha value is -3.66. The van der Waals surface area contributed by atoms with Crippen LogP contribution in [0.1, 0.15) is 30.0 Å². The van der Waals surface area contributed by atoms with Crippen molar-refractivity contribution in [2.75, 3.05) is 5.75 Å². The molecule has 176 valence electrons. The average molecular weight is 479 g/mol. The van der Waals surface area contributed by atoms with Crippen molar-refractivity contribution in [1.82, 2.24) is 30.5 Å². The molecule has 1 atom stereocenters. The standard InChI is InChI=1S/C24H26N6O3S/c1-16-9-10-19(17(2)13-16)29-15-25-27-23(29)34-14-20(31)28-30-21(32)24(3,26-22(30)33)12-11-18-7-5-4-6-8-18/h4-10,13,15H,11-12,14H2,1-3H3,(H,26,33)(H,28,31)/t24-/m0/s1. The van der Waals surface area contributed by atoms with Gasteiger partial charge in [0.15, 0.2) is 5.16 Å². The third-order valence-electron chi connectivity index (χ3n) is 5.71. The van der Waals surface area contributed by atoms with Crippen LogP contribution in [0.3, 0.4) is 0 Å². The van der Waals surface area contributed by atoms with Gasteiger partial charge in [-0.3, -0.25) is 19.6 Å². The van der Waals surface area contributed by atoms with Gasteiger partial charge in [-0.15, -0.1) is 10.2 Å². The van der Waals surface area contributed by atoms with E-state index in [1.807, 2.05) is 56.3 Å². The zero-order valence-corrected chi connectivity index (χ0v) is 20.1. The van der Waals surface area contributed by atoms with Gasteiger partial charge in [0.25, 0.3) is 5.91 Å². The molecule has 0 spiro atoms. The number of thioether (sulfide) groups is 1. The first-order valence-electron chi connectivity index (χ1n) is 10.9. The molecule has 34 heavy (non-hydrogen) atoms. The average Bonchev–Trinajstić information content (AvgIpc) is 3.35. The van der Waals surface area contributed by atoms with E-state index in [-0.39, 0.29) is 5.75 Å². The van der Waals surface area contributed by atoms with Crippen molar-refractivity contribution >= 4 is 29.6 Å². The number of hydrogen-bond donors (Lipinski definition) is 2. The van der Waals surface area contributed by atoms with E-state index in [9.17, 15) is 14.4 Å². The molecule has 0 aliphatic carbocycles. The summed E-state index contributed by atoms with van der Waals surface area (Å²) in [5.74, 6) is -1.01. The second-order valence-corrected chi connectivity index (χ2v) is 9.43. The van der Waals surface area contributed by atoms with E-state index in [1.54, 1.807) is 17.8 Å². The summed E-state index contributed by atoms with van der Waals surface area (Å²) >= 11 is 1.17. The minimum Gasteiger partial charge on any atom is -0.322 e. The van der Waals surface area contributed by atoms with Gasteiger partial charge >= 0.3 is 6.03 Å². The van der Waals surface area contributed by atoms with Crippen molar-refractivity contribution < 1.29 is 14.4 Å². The van der Waals surface area contributed by atoms with Gasteiger partial charge in [-0.05, 0) is 50.8 Å². The van der Waals surface area contributed by atoms with Crippen LogP contribution in [0, 0.1) is 13.8 Å². The first kappa shape index (κ1) is 23.5. The van der Waals surface area contributed by atoms with Crippen LogP contribution in [0.4, 0.5) is 4.79 Å². The maximum absolute atomic E-state index is 12.9. The molecule has 1 aliphatic heterocycles. The minimum absolute atomic E-state index is 0.0403. The number of aromatic nitrogens is 3. The fourth-order valence-electron chi connectivity index (χ4n) is 3.85. The number of hydrazine groups is 1. The van der Waals surface area contributed by atoms with E-state index < -0.39 is 23.4 Å². The molecule has 2 aromatic carbocycles. The van der Waals surface area contributed by atoms with Gasteiger partial charge in [0.1, 0.15) is 11.9 Å². The van der Waals surface area contributed by atoms with Crippen LogP contribution >= 0.6 is 11.8 Å². The molecule has 0 unspecified atom stereocenters. The number of carbonyl (C=O) groups excluding carboxylic acids is 3. The van der Waals surface area contributed by atoms with E-state index in [0.29, 0.717) is 18.0 Å². The van der Waals surface area contributed by atoms with E-state index in [1.165, 1.54) is 11.8 Å². The molecule has 1 saturated heterocycles. The number of nitrogens with one attached hydrogen (secondary N) is 2. The predicted octanol–water partition coefficient (Wildman–Crippen LogP) is 2.95. The summed E-state index contributed by atoms with van der Waals surface area (Å²) in [5, 5.41) is 12.1. The van der Waals surface area contributed by atoms with Crippen LogP contribution in [-0.4, -0.2) is 48.9 Å². The highest BCUT2D eigenvalue weighted by Gasteiger charge is 2.48. The maximum atomic E-state index is 12.9. The number of urea groups is 1. The molecule has 3 aromatic rings. The number of benzene rings is 2. The van der Waals surface area contributed by atoms with Gasteiger partial charge in [0.2, 0.25) is 5.91 Å². The monoisotopic (exact) mass is 478 g/mol. The van der Waals surface area contributed by atoms with Crippen molar-refractivity contribution in [3.8, 4) is 5.69 Å². The Labute approximate surface area is 201 Å². The first-order chi connectivity index (χ1) is 16.3. The summed E-state index contributed by atoms with van der Waals surface area (Å²) in [6.07, 6.45) is 2.63. The lowest BCUT2D eigenvalue weighted by Gasteiger charge is -2.21. The number of aryl methyl sites for hydroxylation is 3. The van der Waals surface area contributed by atoms with Crippen LogP contribution in [-0.2, 0) is 16.0 Å². The number of amides is 4. The second kappa shape index (κ2) is 9.68. The molecule has 9 nitrogen and oxygen atoms in total. The Morgan fingerprint density at radius 3 is 2.65 bits per heavy atom. The molecule has 1 aromatic heterocycles. The number of carbonyl (C=O) groups is 3. The third kappa shape index (κ3) is 4.96. The highest BCUT2D eigenvalue weighted by Crippen LogP contribution is 2.24. The Balaban J connectivity index is 1.36. The van der Waals surface area contributed by atoms with Gasteiger partial charge < -0.3 is 5.32 Å². The fourth-order valence-corrected chi connectivity index (χ4v) is 4.56. The Morgan fingerprint density at radius 2 is 1.91 bits per heavy atom. The van der Waals surface area contributed by atoms with E-state index in [4.69, 9.17) is 0 Å². The first-order valence-corrected chi connectivity index (χ1v) is 11.9. The Bertz CT molecular complexity index is 1230. The Morgan fingerprint density at radius 1 is 1.15 bits per heavy atom. The van der Waals surface area contributed by atoms with Gasteiger partial charge in [0, 0.05) is 0 Å². The molecular formula is C24H26N6O3S. The largest absolute Gasteiger partial charge is 0.344 e. The SMILES string of the molecule is Cc1ccc(-n2cnnc2SCC(=O)NN2C(=O)N[C@@](C)(CCc3ccccc3)C2=O)c(C)c1. The number of imide groups is 1. The second-order valence-electron chi connectivity index (χ2n) is 8.49. The molecule has 2 N–H and O–H groups in total. The van der Waals surface area contributed by atoms with Crippen LogP contribution in [0.2, 0.25) is 0 Å². The number of nitrogens with zero attached hydrogens (tertiary/aromatic N) is 4. The molecule has 0 radical (unpaired) electrons. The summed E-state index contributed by atoms with van der Waals surface area (Å²) in [4.78, 5) is 37.9. The number of rotatable bonds is 8. The van der Waals surface area contributed by atoms with Crippen LogP contribution in [0.5, 0.6) is 0 Å². The maximum Gasteiger partial charge on any atom is 0.344 e. The third-order valence-corrected chi connectivity index (χ3v) is 6.66. The normalized spacial score (nSPS) is 17.7. The molecule has 0 bridgehead atoms. The lowest BCUT2D eigenvalue weighted by atomic mass is 9.93. The fraction of sp³-hybridized carbons (Fsp3) is 0.292. The van der Waals surface area contributed by atoms with E-state index in [2.05, 4.69) is 27.0 Å². The van der Waals surface area contributed by atoms with E-state index >= 15 is 0 Å². The molecule has 4 amide bonds. The lowest BCUT2D eigenvalue weighted by Crippen LogP contribution is -2.49. The molecule has 4 rings (SSSR count). The predicted molar refractivity (Wildman–Crippen MR) is 128 cm³/mol. The summed E-state index contributed by atoms with van der Waals surface area (Å²) in [6.45, 7) is 5.69. The smallest absolute Gasteiger partial charge is 0.322 e. The van der Waals surface area contributed by atoms with Gasteiger partial charge in [-0.2, -0.15) is 5.01 Å². The van der Waals surface area contributed by atoms with E-state index in [0.717, 1.165) is 27.4 Å². The van der Waals surface area contributed by atoms with Gasteiger partial charge in [-0.1, -0.05) is 59.8 Å². The molecule has 2 heterocycles. The zero-order valence-electron chi connectivity index (χ0n) is 19.2. The van der Waals surface area contributed by atoms with Crippen LogP contribution in [0.15, 0.2) is 60.0 Å². The molecule has 0 saturated carbocycles. The van der Waals surface area contributed by atoms with Crippen molar-refractivity contribution in [1.29, 1.82) is 0 Å². The topological polar surface area (TPSA) is 109 Å². The molecule has 1 aliphatic rings. The van der Waals surface area contributed by atoms with Gasteiger partial charge in [-0.25, -0.2) is 4.79 Å². The highest BCUT2D eigenvalue weighted by atomic mass is 32.2. The summed E-state index contributed by atoms with van der Waals surface area (Å²) in [7, 11) is 0. The molecule has 1 fully saturated rings. The lowest BCUT2D eigenvalue weighted by molar-refractivity contribution is -0.138. The zero-order chi connectivity index (χ0) is 24.3. The van der Waals surface area contributed by atoms with Crippen molar-refractivity contribution in [2.24, 2.45) is 0 Å². The van der Waals surface area contributed by atoms with Crippen LogP contribution < -0.4 is 10.7 Å². The van der Waals surface area contributed by atoms with Crippen LogP contribution in [0.25, 0.3) is 5.69 Å². The molecule has 10 heteroatoms. The summed E-state index contributed by atoms with van der Waals surface area (Å²) < 4.78 is 1.81. The summed E-state index contributed by atoms with van der Waals surface area (Å²) in [6, 6.07) is 15.1. The molecular weight excluding hydrogens is 452 g/mol. The summed E-state index contributed by atoms with van der Waals surface area (Å²) in [5.41, 5.74) is 5.53. The highest BCUT2D eigenvalue weighted by molar-refractivity contribution is 7.99.